The molecule has 0 radical (unpaired) electrons. The Morgan fingerprint density at radius 2 is 1.56 bits per heavy atom. The third-order valence-corrected chi connectivity index (χ3v) is 6.46. The molecular weight excluding hydrogens is 488 g/mol. The number of aromatic hydroxyl groups is 1. The average molecular weight is 527 g/mol. The van der Waals surface area contributed by atoms with Crippen LogP contribution in [0.2, 0.25) is 0 Å². The van der Waals surface area contributed by atoms with Gasteiger partial charge in [-0.2, -0.15) is 11.8 Å². The van der Waals surface area contributed by atoms with E-state index in [1.807, 2.05) is 13.2 Å². The van der Waals surface area contributed by atoms with Gasteiger partial charge in [-0.25, -0.2) is 4.79 Å². The first-order chi connectivity index (χ1) is 16.9. The molecule has 0 aromatic heterocycles. The molecule has 36 heavy (non-hydrogen) atoms. The van der Waals surface area contributed by atoms with Gasteiger partial charge in [-0.15, -0.1) is 0 Å². The maximum atomic E-state index is 13.2. The van der Waals surface area contributed by atoms with Crippen LogP contribution in [-0.2, 0) is 25.6 Å². The van der Waals surface area contributed by atoms with Crippen molar-refractivity contribution in [1.82, 2.24) is 16.0 Å². The number of phenols is 1. The summed E-state index contributed by atoms with van der Waals surface area (Å²) in [7, 11) is 0. The zero-order valence-corrected chi connectivity index (χ0v) is 21.9. The first-order valence-corrected chi connectivity index (χ1v) is 13.1. The summed E-state index contributed by atoms with van der Waals surface area (Å²) in [5.74, 6) is -2.99. The van der Waals surface area contributed by atoms with Crippen LogP contribution in [0.4, 0.5) is 0 Å². The van der Waals surface area contributed by atoms with Crippen molar-refractivity contribution >= 4 is 35.5 Å². The molecule has 11 nitrogen and oxygen atoms in total. The van der Waals surface area contributed by atoms with Crippen LogP contribution in [0.5, 0.6) is 5.75 Å². The topological polar surface area (TPSA) is 191 Å². The van der Waals surface area contributed by atoms with Crippen LogP contribution in [0, 0.1) is 5.92 Å². The van der Waals surface area contributed by atoms with E-state index in [1.54, 1.807) is 19.1 Å². The molecule has 0 fully saturated rings. The SMILES string of the molecule is CCC(C)C(NC(=O)C(N)Cc1ccc(O)cc1)C(=O)NC(CCSC)C(=O)NC(C(=O)O)C(C)O. The Morgan fingerprint density at radius 1 is 0.972 bits per heavy atom. The summed E-state index contributed by atoms with van der Waals surface area (Å²) in [6, 6.07) is 1.73. The Kier molecular flexibility index (Phi) is 13.3. The molecule has 3 amide bonds. The Morgan fingerprint density at radius 3 is 2.06 bits per heavy atom. The van der Waals surface area contributed by atoms with Crippen molar-refractivity contribution in [2.75, 3.05) is 12.0 Å². The van der Waals surface area contributed by atoms with Crippen molar-refractivity contribution in [2.45, 2.75) is 70.3 Å². The van der Waals surface area contributed by atoms with Crippen LogP contribution < -0.4 is 21.7 Å². The second-order valence-corrected chi connectivity index (χ2v) is 9.74. The Hall–Kier alpha value is -2.83. The van der Waals surface area contributed by atoms with E-state index in [-0.39, 0.29) is 24.5 Å². The lowest BCUT2D eigenvalue weighted by atomic mass is 9.96. The van der Waals surface area contributed by atoms with Gasteiger partial charge in [0.1, 0.15) is 17.8 Å². The molecule has 0 aliphatic heterocycles. The van der Waals surface area contributed by atoms with Crippen molar-refractivity contribution in [3.05, 3.63) is 29.8 Å². The lowest BCUT2D eigenvalue weighted by Crippen LogP contribution is -2.59. The molecule has 1 rings (SSSR count). The number of hydrogen-bond donors (Lipinski definition) is 7. The number of rotatable bonds is 15. The minimum atomic E-state index is -1.53. The number of carbonyl (C=O) groups is 4. The van der Waals surface area contributed by atoms with E-state index in [2.05, 4.69) is 16.0 Å². The second kappa shape index (κ2) is 15.3. The second-order valence-electron chi connectivity index (χ2n) is 8.76. The van der Waals surface area contributed by atoms with E-state index in [0.29, 0.717) is 12.2 Å². The van der Waals surface area contributed by atoms with E-state index in [0.717, 1.165) is 5.56 Å². The Bertz CT molecular complexity index is 882. The lowest BCUT2D eigenvalue weighted by Gasteiger charge is -2.28. The first kappa shape index (κ1) is 31.2. The number of phenolic OH excluding ortho intramolecular Hbond substituents is 1. The van der Waals surface area contributed by atoms with E-state index in [4.69, 9.17) is 5.73 Å². The zero-order valence-electron chi connectivity index (χ0n) is 21.1. The number of nitrogens with two attached hydrogens (primary N) is 1. The molecular formula is C24H38N4O7S. The number of nitrogens with one attached hydrogen (secondary N) is 3. The lowest BCUT2D eigenvalue weighted by molar-refractivity contribution is -0.145. The number of aliphatic hydroxyl groups is 1. The number of thioether (sulfide) groups is 1. The standard InChI is InChI=1S/C24H38N4O7S/c1-5-13(2)19(27-21(31)17(25)12-15-6-8-16(30)9-7-15)23(33)26-18(10-11-36-4)22(32)28-20(14(3)29)24(34)35/h6-9,13-14,17-20,29-30H,5,10-12,25H2,1-4H3,(H,26,33)(H,27,31)(H,28,32)(H,34,35). The molecule has 0 bridgehead atoms. The van der Waals surface area contributed by atoms with Gasteiger partial charge in [0.05, 0.1) is 12.1 Å². The highest BCUT2D eigenvalue weighted by Gasteiger charge is 2.33. The Labute approximate surface area is 215 Å². The number of carboxylic acid groups (broad SMARTS) is 1. The molecule has 0 spiro atoms. The fourth-order valence-electron chi connectivity index (χ4n) is 3.35. The summed E-state index contributed by atoms with van der Waals surface area (Å²) in [6.45, 7) is 4.87. The number of hydrogen-bond acceptors (Lipinski definition) is 8. The van der Waals surface area contributed by atoms with Crippen LogP contribution in [0.3, 0.4) is 0 Å². The molecule has 0 aliphatic carbocycles. The van der Waals surface area contributed by atoms with E-state index >= 15 is 0 Å². The van der Waals surface area contributed by atoms with Crippen LogP contribution in [0.1, 0.15) is 39.2 Å². The zero-order chi connectivity index (χ0) is 27.4. The average Bonchev–Trinajstić information content (AvgIpc) is 2.83. The van der Waals surface area contributed by atoms with Gasteiger partial charge in [-0.3, -0.25) is 14.4 Å². The third kappa shape index (κ3) is 10.0. The number of carbonyl (C=O) groups excluding carboxylic acids is 3. The minimum absolute atomic E-state index is 0.0912. The van der Waals surface area contributed by atoms with Gasteiger partial charge in [-0.05, 0) is 55.4 Å². The molecule has 0 saturated carbocycles. The molecule has 6 atom stereocenters. The molecule has 12 heteroatoms. The monoisotopic (exact) mass is 526 g/mol. The van der Waals surface area contributed by atoms with Crippen molar-refractivity contribution in [3.63, 3.8) is 0 Å². The summed E-state index contributed by atoms with van der Waals surface area (Å²) >= 11 is 1.44. The van der Waals surface area contributed by atoms with Gasteiger partial charge in [0.25, 0.3) is 0 Å². The summed E-state index contributed by atoms with van der Waals surface area (Å²) in [5, 5.41) is 35.9. The fraction of sp³-hybridized carbons (Fsp3) is 0.583. The van der Waals surface area contributed by atoms with E-state index in [1.165, 1.54) is 30.8 Å². The number of amides is 3. The first-order valence-electron chi connectivity index (χ1n) is 11.8. The van der Waals surface area contributed by atoms with Crippen LogP contribution >= 0.6 is 11.8 Å². The summed E-state index contributed by atoms with van der Waals surface area (Å²) in [4.78, 5) is 50.1. The van der Waals surface area contributed by atoms with Gasteiger partial charge in [0, 0.05) is 0 Å². The quantitative estimate of drug-likeness (QED) is 0.165. The largest absolute Gasteiger partial charge is 0.508 e. The van der Waals surface area contributed by atoms with Gasteiger partial charge >= 0.3 is 5.97 Å². The van der Waals surface area contributed by atoms with Crippen molar-refractivity contribution in [2.24, 2.45) is 11.7 Å². The maximum absolute atomic E-state index is 13.2. The van der Waals surface area contributed by atoms with Crippen LogP contribution in [0.15, 0.2) is 24.3 Å². The molecule has 0 heterocycles. The number of benzene rings is 1. The van der Waals surface area contributed by atoms with Crippen LogP contribution in [-0.4, -0.2) is 81.3 Å². The minimum Gasteiger partial charge on any atom is -0.508 e. The normalized spacial score (nSPS) is 16.1. The highest BCUT2D eigenvalue weighted by molar-refractivity contribution is 7.98. The molecule has 1 aromatic rings. The van der Waals surface area contributed by atoms with Gasteiger partial charge in [0.2, 0.25) is 17.7 Å². The van der Waals surface area contributed by atoms with E-state index in [9.17, 15) is 34.5 Å². The number of aliphatic hydroxyl groups excluding tert-OH is 1. The maximum Gasteiger partial charge on any atom is 0.328 e. The Balaban J connectivity index is 2.97. The molecule has 0 aliphatic rings. The molecule has 0 saturated heterocycles. The molecule has 1 aromatic carbocycles. The predicted molar refractivity (Wildman–Crippen MR) is 137 cm³/mol. The summed E-state index contributed by atoms with van der Waals surface area (Å²) in [6.07, 6.45) is 1.44. The highest BCUT2D eigenvalue weighted by atomic mass is 32.2. The van der Waals surface area contributed by atoms with Crippen molar-refractivity contribution in [3.8, 4) is 5.75 Å². The highest BCUT2D eigenvalue weighted by Crippen LogP contribution is 2.13. The van der Waals surface area contributed by atoms with Gasteiger partial charge in [0.15, 0.2) is 6.04 Å². The van der Waals surface area contributed by atoms with Crippen molar-refractivity contribution in [1.29, 1.82) is 0 Å². The van der Waals surface area contributed by atoms with Crippen LogP contribution in [0.25, 0.3) is 0 Å². The predicted octanol–water partition coefficient (Wildman–Crippen LogP) is -0.0190. The summed E-state index contributed by atoms with van der Waals surface area (Å²) < 4.78 is 0. The third-order valence-electron chi connectivity index (χ3n) is 5.81. The molecule has 8 N–H and O–H groups in total. The summed E-state index contributed by atoms with van der Waals surface area (Å²) in [5.41, 5.74) is 6.79. The number of carboxylic acids is 1. The van der Waals surface area contributed by atoms with E-state index < -0.39 is 54.0 Å². The van der Waals surface area contributed by atoms with Crippen molar-refractivity contribution < 1.29 is 34.5 Å². The molecule has 6 unspecified atom stereocenters. The van der Waals surface area contributed by atoms with Gasteiger partial charge < -0.3 is 37.0 Å². The smallest absolute Gasteiger partial charge is 0.328 e. The fourth-order valence-corrected chi connectivity index (χ4v) is 3.82. The molecule has 202 valence electrons. The number of aliphatic carboxylic acids is 1. The van der Waals surface area contributed by atoms with Gasteiger partial charge in [-0.1, -0.05) is 32.4 Å².